The molecule has 0 atom stereocenters. The summed E-state index contributed by atoms with van der Waals surface area (Å²) in [6, 6.07) is 0. The highest BCUT2D eigenvalue weighted by Crippen LogP contribution is 2.64. The van der Waals surface area contributed by atoms with Crippen molar-refractivity contribution >= 4 is 11.9 Å². The summed E-state index contributed by atoms with van der Waals surface area (Å²) < 4.78 is 230. The lowest BCUT2D eigenvalue weighted by Crippen LogP contribution is -2.74. The molecule has 0 aliphatic rings. The van der Waals surface area contributed by atoms with Crippen LogP contribution < -0.4 is 0 Å². The van der Waals surface area contributed by atoms with Gasteiger partial charge in [0.15, 0.2) is 0 Å². The van der Waals surface area contributed by atoms with E-state index in [1.54, 1.807) is 0 Å². The number of alkyl halides is 17. The van der Waals surface area contributed by atoms with Crippen LogP contribution in [0.4, 0.5) is 74.6 Å². The van der Waals surface area contributed by atoms with E-state index < -0.39 is 78.4 Å². The smallest absolute Gasteiger partial charge is 0.460 e. The molecule has 0 aliphatic carbocycles. The number of hydrogen-bond acceptors (Lipinski definition) is 4. The van der Waals surface area contributed by atoms with E-state index in [1.165, 1.54) is 0 Å². The molecule has 0 unspecified atom stereocenters. The van der Waals surface area contributed by atoms with E-state index in [1.807, 2.05) is 0 Å². The number of carbonyl (C=O) groups is 2. The average Bonchev–Trinajstić information content (AvgIpc) is 2.65. The minimum absolute atomic E-state index is 0.638. The molecule has 0 bridgehead atoms. The van der Waals surface area contributed by atoms with E-state index in [-0.39, 0.29) is 0 Å². The first-order valence-corrected chi connectivity index (χ1v) is 8.23. The Kier molecular flexibility index (Phi) is 8.76. The summed E-state index contributed by atoms with van der Waals surface area (Å²) in [5.41, 5.74) is 0. The molecule has 0 radical (unpaired) electrons. The van der Waals surface area contributed by atoms with Crippen molar-refractivity contribution in [3.8, 4) is 0 Å². The van der Waals surface area contributed by atoms with Gasteiger partial charge in [-0.3, -0.25) is 4.79 Å². The van der Waals surface area contributed by atoms with E-state index in [4.69, 9.17) is 0 Å². The first kappa shape index (κ1) is 33.5. The Labute approximate surface area is 187 Å². The minimum Gasteiger partial charge on any atom is -0.460 e. The van der Waals surface area contributed by atoms with Crippen LogP contribution in [0.5, 0.6) is 0 Å². The average molecular weight is 576 g/mol. The molecule has 0 fully saturated rings. The number of hydrogen-bond donors (Lipinski definition) is 0. The second-order valence-corrected chi connectivity index (χ2v) is 6.55. The summed E-state index contributed by atoms with van der Waals surface area (Å²) >= 11 is 0. The van der Waals surface area contributed by atoms with Gasteiger partial charge in [-0.15, -0.1) is 0 Å². The lowest BCUT2D eigenvalue weighted by Gasteiger charge is -2.42. The second kappa shape index (κ2) is 9.42. The zero-order chi connectivity index (χ0) is 29.6. The fraction of sp³-hybridized carbons (Fsp3) is 0.733. The van der Waals surface area contributed by atoms with Crippen LogP contribution in [0.1, 0.15) is 13.3 Å². The maximum atomic E-state index is 13.6. The molecule has 0 saturated heterocycles. The summed E-state index contributed by atoms with van der Waals surface area (Å²) in [5, 5.41) is 0. The van der Waals surface area contributed by atoms with Gasteiger partial charge >= 0.3 is 59.6 Å². The molecule has 0 aromatic rings. The molecule has 0 aliphatic heterocycles. The third-order valence-electron chi connectivity index (χ3n) is 3.93. The monoisotopic (exact) mass is 576 g/mol. The van der Waals surface area contributed by atoms with E-state index in [0.29, 0.717) is 6.92 Å². The van der Waals surface area contributed by atoms with Crippen LogP contribution in [-0.4, -0.2) is 66.2 Å². The molecular weight excluding hydrogens is 567 g/mol. The van der Waals surface area contributed by atoms with Crippen LogP contribution >= 0.6 is 0 Å². The Balaban J connectivity index is 6.18. The van der Waals surface area contributed by atoms with Gasteiger partial charge in [0.05, 0.1) is 13.0 Å². The van der Waals surface area contributed by atoms with Crippen molar-refractivity contribution in [2.24, 2.45) is 0 Å². The molecule has 0 rings (SSSR count). The molecule has 0 aromatic heterocycles. The van der Waals surface area contributed by atoms with Gasteiger partial charge < -0.3 is 9.47 Å². The Morgan fingerprint density at radius 2 is 0.944 bits per heavy atom. The van der Waals surface area contributed by atoms with Crippen molar-refractivity contribution in [2.75, 3.05) is 6.61 Å². The van der Waals surface area contributed by atoms with E-state index in [2.05, 4.69) is 16.1 Å². The third kappa shape index (κ3) is 5.14. The number of ether oxygens (including phenoxy) is 2. The van der Waals surface area contributed by atoms with Gasteiger partial charge in [0.2, 0.25) is 5.76 Å². The Morgan fingerprint density at radius 3 is 1.28 bits per heavy atom. The van der Waals surface area contributed by atoms with Crippen molar-refractivity contribution in [1.29, 1.82) is 0 Å². The Bertz CT molecular complexity index is 859. The molecule has 21 heteroatoms. The van der Waals surface area contributed by atoms with E-state index >= 15 is 0 Å². The molecule has 0 N–H and O–H groups in total. The fourth-order valence-electron chi connectivity index (χ4n) is 1.92. The quantitative estimate of drug-likeness (QED) is 0.131. The summed E-state index contributed by atoms with van der Waals surface area (Å²) in [6.07, 6.45) is -10.8. The van der Waals surface area contributed by atoms with Crippen LogP contribution in [-0.2, 0) is 19.1 Å². The van der Waals surface area contributed by atoms with Gasteiger partial charge in [0.25, 0.3) is 0 Å². The number of rotatable bonds is 11. The first-order chi connectivity index (χ1) is 15.5. The van der Waals surface area contributed by atoms with Crippen LogP contribution in [0, 0.1) is 0 Å². The lowest BCUT2D eigenvalue weighted by molar-refractivity contribution is -0.461. The molecule has 0 saturated carbocycles. The summed E-state index contributed by atoms with van der Waals surface area (Å²) in [6.45, 7) is 1.11. The Hall–Kier alpha value is -2.51. The van der Waals surface area contributed by atoms with Crippen molar-refractivity contribution in [1.82, 2.24) is 0 Å². The topological polar surface area (TPSA) is 52.6 Å². The van der Waals surface area contributed by atoms with Crippen LogP contribution in [0.15, 0.2) is 12.3 Å². The van der Waals surface area contributed by atoms with Crippen LogP contribution in [0.2, 0.25) is 0 Å². The van der Waals surface area contributed by atoms with Gasteiger partial charge in [0, 0.05) is 6.92 Å². The van der Waals surface area contributed by atoms with Crippen LogP contribution in [0.3, 0.4) is 0 Å². The molecule has 0 heterocycles. The summed E-state index contributed by atoms with van der Waals surface area (Å²) in [7, 11) is 0. The first-order valence-electron chi connectivity index (χ1n) is 8.23. The summed E-state index contributed by atoms with van der Waals surface area (Å²) in [5.74, 6) is -61.9. The molecule has 36 heavy (non-hydrogen) atoms. The predicted octanol–water partition coefficient (Wildman–Crippen LogP) is 6.01. The predicted molar refractivity (Wildman–Crippen MR) is 77.2 cm³/mol. The number of esters is 2. The third-order valence-corrected chi connectivity index (χ3v) is 3.93. The zero-order valence-corrected chi connectivity index (χ0v) is 16.7. The van der Waals surface area contributed by atoms with E-state index in [0.717, 1.165) is 0 Å². The largest absolute Gasteiger partial charge is 0.460 e. The standard InChI is InChI=1S/C15H9F17O4/c1-5(36-6(2)33)7(34)35-4-3-8(16,17)9(18,19)10(20,21)11(22,23)12(24,25)13(26,27)14(28,29)15(30,31)32/h1,3-4H2,2H3. The lowest BCUT2D eigenvalue weighted by atomic mass is 9.88. The molecule has 0 aromatic carbocycles. The number of carbonyl (C=O) groups excluding carboxylic acids is 2. The van der Waals surface area contributed by atoms with Crippen molar-refractivity contribution in [3.05, 3.63) is 12.3 Å². The van der Waals surface area contributed by atoms with Crippen molar-refractivity contribution < 1.29 is 93.7 Å². The van der Waals surface area contributed by atoms with Gasteiger partial charge in [-0.1, -0.05) is 0 Å². The zero-order valence-electron chi connectivity index (χ0n) is 16.7. The normalized spacial score (nSPS) is 14.9. The molecular formula is C15H9F17O4. The van der Waals surface area contributed by atoms with Gasteiger partial charge in [-0.25, -0.2) is 4.79 Å². The highest BCUT2D eigenvalue weighted by molar-refractivity contribution is 5.88. The van der Waals surface area contributed by atoms with Crippen molar-refractivity contribution in [2.45, 2.75) is 61.0 Å². The molecule has 0 spiro atoms. The maximum absolute atomic E-state index is 13.6. The van der Waals surface area contributed by atoms with Crippen molar-refractivity contribution in [3.63, 3.8) is 0 Å². The highest BCUT2D eigenvalue weighted by atomic mass is 19.4. The van der Waals surface area contributed by atoms with Gasteiger partial charge in [-0.2, -0.15) is 74.6 Å². The van der Waals surface area contributed by atoms with Gasteiger partial charge in [0.1, 0.15) is 0 Å². The van der Waals surface area contributed by atoms with Gasteiger partial charge in [-0.05, 0) is 6.58 Å². The fourth-order valence-corrected chi connectivity index (χ4v) is 1.92. The minimum atomic E-state index is -8.73. The van der Waals surface area contributed by atoms with E-state index in [9.17, 15) is 84.2 Å². The molecule has 212 valence electrons. The Morgan fingerprint density at radius 1 is 0.611 bits per heavy atom. The summed E-state index contributed by atoms with van der Waals surface area (Å²) in [4.78, 5) is 21.6. The second-order valence-electron chi connectivity index (χ2n) is 6.55. The highest BCUT2D eigenvalue weighted by Gasteiger charge is 2.95. The van der Waals surface area contributed by atoms with Crippen LogP contribution in [0.25, 0.3) is 0 Å². The number of halogens is 17. The molecule has 0 amide bonds. The molecule has 4 nitrogen and oxygen atoms in total. The maximum Gasteiger partial charge on any atom is 0.460 e. The SMILES string of the molecule is C=C(OC(C)=O)C(=O)OCCC(F)(F)C(F)(F)C(F)(F)C(F)(F)C(F)(F)C(F)(F)C(F)(F)C(F)(F)F.